The summed E-state index contributed by atoms with van der Waals surface area (Å²) in [6.45, 7) is 2.15. The maximum Gasteiger partial charge on any atom is 0.240 e. The van der Waals surface area contributed by atoms with Crippen LogP contribution in [0.3, 0.4) is 0 Å². The fourth-order valence-electron chi connectivity index (χ4n) is 2.16. The van der Waals surface area contributed by atoms with E-state index in [0.717, 1.165) is 11.5 Å². The van der Waals surface area contributed by atoms with Crippen LogP contribution < -0.4 is 14.2 Å². The van der Waals surface area contributed by atoms with E-state index in [9.17, 15) is 8.42 Å². The molecule has 2 aromatic carbocycles. The molecule has 136 valence electrons. The third-order valence-electron chi connectivity index (χ3n) is 3.64. The molecule has 0 aliphatic heterocycles. The summed E-state index contributed by atoms with van der Waals surface area (Å²) >= 11 is 0. The van der Waals surface area contributed by atoms with Crippen LogP contribution in [-0.4, -0.2) is 53.7 Å². The van der Waals surface area contributed by atoms with Gasteiger partial charge in [-0.05, 0) is 43.4 Å². The summed E-state index contributed by atoms with van der Waals surface area (Å²) in [4.78, 5) is 2.29. The lowest BCUT2D eigenvalue weighted by atomic mass is 10.3. The zero-order chi connectivity index (χ0) is 18.1. The Labute approximate surface area is 149 Å². The van der Waals surface area contributed by atoms with Crippen molar-refractivity contribution in [3.05, 3.63) is 54.6 Å². The number of hydrogen-bond donors (Lipinski definition) is 1. The van der Waals surface area contributed by atoms with Gasteiger partial charge in [0, 0.05) is 19.6 Å². The van der Waals surface area contributed by atoms with Gasteiger partial charge in [-0.3, -0.25) is 0 Å². The molecular weight excluding hydrogens is 340 g/mol. The summed E-state index contributed by atoms with van der Waals surface area (Å²) in [6, 6.07) is 15.8. The Kier molecular flexibility index (Phi) is 7.24. The number of methoxy groups -OCH3 is 1. The molecule has 0 saturated heterocycles. The van der Waals surface area contributed by atoms with Crippen molar-refractivity contribution in [1.29, 1.82) is 0 Å². The average molecular weight is 364 g/mol. The van der Waals surface area contributed by atoms with E-state index >= 15 is 0 Å². The summed E-state index contributed by atoms with van der Waals surface area (Å²) in [5.74, 6) is 1.56. The highest BCUT2D eigenvalue weighted by Gasteiger charge is 2.12. The molecule has 0 spiro atoms. The summed E-state index contributed by atoms with van der Waals surface area (Å²) in [6.07, 6.45) is 0. The standard InChI is InChI=1S/C18H24N2O4S/c1-20(14-15-24-17-10-8-16(23-2)9-11-17)13-12-19-25(21,22)18-6-4-3-5-7-18/h3-11,19H,12-15H2,1-2H3. The van der Waals surface area contributed by atoms with Crippen molar-refractivity contribution >= 4 is 10.0 Å². The van der Waals surface area contributed by atoms with E-state index in [-0.39, 0.29) is 4.90 Å². The first-order valence-corrected chi connectivity index (χ1v) is 9.50. The van der Waals surface area contributed by atoms with Crippen molar-refractivity contribution < 1.29 is 17.9 Å². The number of hydrogen-bond acceptors (Lipinski definition) is 5. The highest BCUT2D eigenvalue weighted by atomic mass is 32.2. The van der Waals surface area contributed by atoms with Crippen LogP contribution in [0.15, 0.2) is 59.5 Å². The Morgan fingerprint density at radius 2 is 1.60 bits per heavy atom. The SMILES string of the molecule is COc1ccc(OCCN(C)CCNS(=O)(=O)c2ccccc2)cc1. The normalized spacial score (nSPS) is 11.5. The van der Waals surface area contributed by atoms with E-state index in [1.807, 2.05) is 36.2 Å². The van der Waals surface area contributed by atoms with Crippen LogP contribution in [0, 0.1) is 0 Å². The van der Waals surface area contributed by atoms with Crippen molar-refractivity contribution in [3.63, 3.8) is 0 Å². The molecule has 0 aromatic heterocycles. The molecule has 0 atom stereocenters. The van der Waals surface area contributed by atoms with Gasteiger partial charge in [-0.1, -0.05) is 18.2 Å². The molecule has 0 aliphatic rings. The quantitative estimate of drug-likeness (QED) is 0.698. The largest absolute Gasteiger partial charge is 0.497 e. The molecular formula is C18H24N2O4S. The van der Waals surface area contributed by atoms with Gasteiger partial charge < -0.3 is 14.4 Å². The van der Waals surface area contributed by atoms with Crippen molar-refractivity contribution in [2.24, 2.45) is 0 Å². The van der Waals surface area contributed by atoms with E-state index in [1.54, 1.807) is 37.4 Å². The van der Waals surface area contributed by atoms with Gasteiger partial charge in [0.05, 0.1) is 12.0 Å². The van der Waals surface area contributed by atoms with E-state index in [1.165, 1.54) is 0 Å². The van der Waals surface area contributed by atoms with E-state index in [2.05, 4.69) is 4.72 Å². The maximum absolute atomic E-state index is 12.1. The highest BCUT2D eigenvalue weighted by Crippen LogP contribution is 2.16. The number of nitrogens with zero attached hydrogens (tertiary/aromatic N) is 1. The van der Waals surface area contributed by atoms with Crippen molar-refractivity contribution in [2.75, 3.05) is 40.4 Å². The van der Waals surface area contributed by atoms with Crippen molar-refractivity contribution in [2.45, 2.75) is 4.90 Å². The van der Waals surface area contributed by atoms with Crippen molar-refractivity contribution in [3.8, 4) is 11.5 Å². The van der Waals surface area contributed by atoms with Crippen LogP contribution in [0.25, 0.3) is 0 Å². The second kappa shape index (κ2) is 9.41. The highest BCUT2D eigenvalue weighted by molar-refractivity contribution is 7.89. The Balaban J connectivity index is 1.67. The number of likely N-dealkylation sites (N-methyl/N-ethyl adjacent to an activating group) is 1. The minimum atomic E-state index is -3.45. The number of nitrogens with one attached hydrogen (secondary N) is 1. The minimum absolute atomic E-state index is 0.278. The predicted molar refractivity (Wildman–Crippen MR) is 97.6 cm³/mol. The lowest BCUT2D eigenvalue weighted by Gasteiger charge is -2.17. The molecule has 2 aromatic rings. The van der Waals surface area contributed by atoms with Crippen LogP contribution in [0.5, 0.6) is 11.5 Å². The Morgan fingerprint density at radius 3 is 2.24 bits per heavy atom. The topological polar surface area (TPSA) is 67.9 Å². The third-order valence-corrected chi connectivity index (χ3v) is 5.12. The second-order valence-electron chi connectivity index (χ2n) is 5.54. The van der Waals surface area contributed by atoms with Crippen LogP contribution in [0.4, 0.5) is 0 Å². The fourth-order valence-corrected chi connectivity index (χ4v) is 3.20. The van der Waals surface area contributed by atoms with Crippen LogP contribution in [0.1, 0.15) is 0 Å². The molecule has 0 unspecified atom stereocenters. The number of benzene rings is 2. The number of rotatable bonds is 10. The maximum atomic E-state index is 12.1. The van der Waals surface area contributed by atoms with Gasteiger partial charge in [0.2, 0.25) is 10.0 Å². The molecule has 0 heterocycles. The summed E-state index contributed by atoms with van der Waals surface area (Å²) in [5.41, 5.74) is 0. The predicted octanol–water partition coefficient (Wildman–Crippen LogP) is 1.98. The Morgan fingerprint density at radius 1 is 0.960 bits per heavy atom. The molecule has 0 radical (unpaired) electrons. The fraction of sp³-hybridized carbons (Fsp3) is 0.333. The van der Waals surface area contributed by atoms with Gasteiger partial charge in [-0.25, -0.2) is 13.1 Å². The lowest BCUT2D eigenvalue weighted by molar-refractivity contribution is 0.239. The second-order valence-corrected chi connectivity index (χ2v) is 7.31. The first-order valence-electron chi connectivity index (χ1n) is 8.01. The molecule has 0 aliphatic carbocycles. The van der Waals surface area contributed by atoms with Gasteiger partial charge in [-0.2, -0.15) is 0 Å². The van der Waals surface area contributed by atoms with E-state index in [4.69, 9.17) is 9.47 Å². The Hall–Kier alpha value is -2.09. The first-order chi connectivity index (χ1) is 12.0. The first kappa shape index (κ1) is 19.2. The van der Waals surface area contributed by atoms with E-state index < -0.39 is 10.0 Å². The molecule has 6 nitrogen and oxygen atoms in total. The molecule has 0 fully saturated rings. The Bertz CT molecular complexity index is 733. The summed E-state index contributed by atoms with van der Waals surface area (Å²) in [7, 11) is 0.101. The molecule has 2 rings (SSSR count). The summed E-state index contributed by atoms with van der Waals surface area (Å²) in [5, 5.41) is 0. The van der Waals surface area contributed by atoms with Crippen LogP contribution in [0.2, 0.25) is 0 Å². The molecule has 0 amide bonds. The smallest absolute Gasteiger partial charge is 0.240 e. The monoisotopic (exact) mass is 364 g/mol. The lowest BCUT2D eigenvalue weighted by Crippen LogP contribution is -2.34. The molecule has 1 N–H and O–H groups in total. The van der Waals surface area contributed by atoms with Gasteiger partial charge in [0.25, 0.3) is 0 Å². The van der Waals surface area contributed by atoms with Crippen LogP contribution in [-0.2, 0) is 10.0 Å². The molecule has 0 saturated carbocycles. The zero-order valence-corrected chi connectivity index (χ0v) is 15.3. The average Bonchev–Trinajstić information content (AvgIpc) is 2.63. The van der Waals surface area contributed by atoms with Crippen LogP contribution >= 0.6 is 0 Å². The summed E-state index contributed by atoms with van der Waals surface area (Å²) < 4.78 is 37.6. The van der Waals surface area contributed by atoms with Gasteiger partial charge >= 0.3 is 0 Å². The third kappa shape index (κ3) is 6.38. The molecule has 0 bridgehead atoms. The molecule has 25 heavy (non-hydrogen) atoms. The van der Waals surface area contributed by atoms with E-state index in [0.29, 0.717) is 26.2 Å². The van der Waals surface area contributed by atoms with Crippen molar-refractivity contribution in [1.82, 2.24) is 9.62 Å². The van der Waals surface area contributed by atoms with Gasteiger partial charge in [-0.15, -0.1) is 0 Å². The number of sulfonamides is 1. The minimum Gasteiger partial charge on any atom is -0.497 e. The van der Waals surface area contributed by atoms with Gasteiger partial charge in [0.1, 0.15) is 18.1 Å². The van der Waals surface area contributed by atoms with Gasteiger partial charge in [0.15, 0.2) is 0 Å². The molecule has 7 heteroatoms. The number of ether oxygens (including phenoxy) is 2. The zero-order valence-electron chi connectivity index (χ0n) is 14.5.